The van der Waals surface area contributed by atoms with Gasteiger partial charge in [-0.2, -0.15) is 4.31 Å². The number of sulfonamides is 1. The van der Waals surface area contributed by atoms with E-state index in [0.29, 0.717) is 24.5 Å². The van der Waals surface area contributed by atoms with E-state index in [-0.39, 0.29) is 17.7 Å². The molecule has 0 spiro atoms. The van der Waals surface area contributed by atoms with Crippen molar-refractivity contribution in [3.63, 3.8) is 0 Å². The minimum atomic E-state index is -3.33. The van der Waals surface area contributed by atoms with Gasteiger partial charge < -0.3 is 10.3 Å². The Bertz CT molecular complexity index is 487. The predicted molar refractivity (Wildman–Crippen MR) is 62.6 cm³/mol. The normalized spacial score (nSPS) is 26.5. The third-order valence-electron chi connectivity index (χ3n) is 3.04. The largest absolute Gasteiger partial charge is 0.361 e. The molecule has 6 nitrogen and oxygen atoms in total. The van der Waals surface area contributed by atoms with Crippen molar-refractivity contribution in [3.05, 3.63) is 17.5 Å². The number of hydrogen-bond donors (Lipinski definition) is 1. The number of nitrogens with zero attached hydrogens (tertiary/aromatic N) is 2. The topological polar surface area (TPSA) is 89.4 Å². The van der Waals surface area contributed by atoms with Gasteiger partial charge in [-0.1, -0.05) is 12.1 Å². The van der Waals surface area contributed by atoms with Crippen molar-refractivity contribution in [2.75, 3.05) is 13.1 Å². The van der Waals surface area contributed by atoms with Crippen LogP contribution < -0.4 is 5.73 Å². The average molecular weight is 259 g/mol. The summed E-state index contributed by atoms with van der Waals surface area (Å²) in [6.07, 6.45) is 0. The molecule has 2 N–H and O–H groups in total. The van der Waals surface area contributed by atoms with Crippen LogP contribution in [-0.4, -0.2) is 37.0 Å². The van der Waals surface area contributed by atoms with E-state index < -0.39 is 10.0 Å². The Morgan fingerprint density at radius 1 is 1.59 bits per heavy atom. The van der Waals surface area contributed by atoms with Crippen LogP contribution in [0.4, 0.5) is 0 Å². The van der Waals surface area contributed by atoms with E-state index in [1.165, 1.54) is 4.31 Å². The molecule has 7 heteroatoms. The molecule has 1 aromatic rings. The molecule has 1 aliphatic rings. The first-order valence-electron chi connectivity index (χ1n) is 5.54. The third-order valence-corrected chi connectivity index (χ3v) is 4.78. The molecule has 0 amide bonds. The van der Waals surface area contributed by atoms with Crippen molar-refractivity contribution in [2.24, 2.45) is 11.7 Å². The van der Waals surface area contributed by atoms with Gasteiger partial charge in [0.2, 0.25) is 10.0 Å². The van der Waals surface area contributed by atoms with Gasteiger partial charge in [0.25, 0.3) is 0 Å². The Morgan fingerprint density at radius 2 is 2.29 bits per heavy atom. The monoisotopic (exact) mass is 259 g/mol. The van der Waals surface area contributed by atoms with Crippen LogP contribution in [0.2, 0.25) is 0 Å². The van der Waals surface area contributed by atoms with Crippen LogP contribution in [0, 0.1) is 12.8 Å². The van der Waals surface area contributed by atoms with Gasteiger partial charge in [0.15, 0.2) is 0 Å². The van der Waals surface area contributed by atoms with Gasteiger partial charge in [-0.25, -0.2) is 8.42 Å². The summed E-state index contributed by atoms with van der Waals surface area (Å²) in [6, 6.07) is 1.56. The molecule has 0 saturated carbocycles. The molecule has 0 radical (unpaired) electrons. The number of aromatic nitrogens is 1. The average Bonchev–Trinajstić information content (AvgIpc) is 2.75. The smallest absolute Gasteiger partial charge is 0.220 e. The van der Waals surface area contributed by atoms with E-state index in [1.54, 1.807) is 13.0 Å². The zero-order valence-electron chi connectivity index (χ0n) is 9.96. The van der Waals surface area contributed by atoms with E-state index >= 15 is 0 Å². The van der Waals surface area contributed by atoms with Crippen LogP contribution in [0.3, 0.4) is 0 Å². The lowest BCUT2D eigenvalue weighted by molar-refractivity contribution is 0.391. The van der Waals surface area contributed by atoms with Crippen LogP contribution in [0.15, 0.2) is 10.6 Å². The Balaban J connectivity index is 2.10. The molecule has 2 unspecified atom stereocenters. The maximum Gasteiger partial charge on any atom is 0.220 e. The van der Waals surface area contributed by atoms with Gasteiger partial charge in [0.1, 0.15) is 17.2 Å². The number of nitrogens with two attached hydrogens (primary N) is 1. The maximum atomic E-state index is 12.1. The lowest BCUT2D eigenvalue weighted by Gasteiger charge is -2.14. The molecule has 0 bridgehead atoms. The maximum absolute atomic E-state index is 12.1. The minimum Gasteiger partial charge on any atom is -0.361 e. The first-order valence-corrected chi connectivity index (χ1v) is 7.15. The Hall–Kier alpha value is -0.920. The molecule has 1 fully saturated rings. The standard InChI is InChI=1S/C10H17N3O3S/c1-7-4-13(5-10(7)11)17(14,15)6-9-3-8(2)16-12-9/h3,7,10H,4-6,11H2,1-2H3. The predicted octanol–water partition coefficient (Wildman–Crippen LogP) is 0.0918. The highest BCUT2D eigenvalue weighted by Crippen LogP contribution is 2.20. The second-order valence-corrected chi connectivity index (χ2v) is 6.61. The second-order valence-electron chi connectivity index (χ2n) is 4.64. The van der Waals surface area contributed by atoms with Gasteiger partial charge >= 0.3 is 0 Å². The van der Waals surface area contributed by atoms with E-state index in [9.17, 15) is 8.42 Å². The van der Waals surface area contributed by atoms with Crippen molar-refractivity contribution in [1.29, 1.82) is 0 Å². The van der Waals surface area contributed by atoms with Crippen molar-refractivity contribution in [2.45, 2.75) is 25.6 Å². The number of hydrogen-bond acceptors (Lipinski definition) is 5. The molecular weight excluding hydrogens is 242 g/mol. The van der Waals surface area contributed by atoms with Crippen molar-refractivity contribution in [3.8, 4) is 0 Å². The second kappa shape index (κ2) is 4.40. The molecule has 2 atom stereocenters. The summed E-state index contributed by atoms with van der Waals surface area (Å²) < 4.78 is 30.5. The molecule has 2 rings (SSSR count). The van der Waals surface area contributed by atoms with Gasteiger partial charge in [-0.15, -0.1) is 0 Å². The quantitative estimate of drug-likeness (QED) is 0.831. The van der Waals surface area contributed by atoms with Gasteiger partial charge in [0.05, 0.1) is 0 Å². The molecule has 2 heterocycles. The van der Waals surface area contributed by atoms with E-state index in [0.717, 1.165) is 0 Å². The summed E-state index contributed by atoms with van der Waals surface area (Å²) in [5.74, 6) is 0.689. The van der Waals surface area contributed by atoms with Crippen molar-refractivity contribution < 1.29 is 12.9 Å². The summed E-state index contributed by atoms with van der Waals surface area (Å²) in [7, 11) is -3.33. The molecular formula is C10H17N3O3S. The fourth-order valence-electron chi connectivity index (χ4n) is 1.94. The van der Waals surface area contributed by atoms with Crippen molar-refractivity contribution >= 4 is 10.0 Å². The first kappa shape index (κ1) is 12.5. The van der Waals surface area contributed by atoms with Crippen LogP contribution >= 0.6 is 0 Å². The summed E-state index contributed by atoms with van der Waals surface area (Å²) in [4.78, 5) is 0. The highest BCUT2D eigenvalue weighted by atomic mass is 32.2. The van der Waals surface area contributed by atoms with E-state index in [2.05, 4.69) is 5.16 Å². The Labute approximate surface area is 101 Å². The van der Waals surface area contributed by atoms with Crippen LogP contribution in [0.5, 0.6) is 0 Å². The number of rotatable bonds is 3. The lowest BCUT2D eigenvalue weighted by atomic mass is 10.1. The number of aryl methyl sites for hydroxylation is 1. The Kier molecular flexibility index (Phi) is 3.24. The lowest BCUT2D eigenvalue weighted by Crippen LogP contribution is -2.33. The van der Waals surface area contributed by atoms with Gasteiger partial charge in [-0.3, -0.25) is 0 Å². The zero-order valence-corrected chi connectivity index (χ0v) is 10.8. The summed E-state index contributed by atoms with van der Waals surface area (Å²) >= 11 is 0. The first-order chi connectivity index (χ1) is 7.88. The third kappa shape index (κ3) is 2.67. The van der Waals surface area contributed by atoms with Crippen LogP contribution in [0.1, 0.15) is 18.4 Å². The van der Waals surface area contributed by atoms with Crippen molar-refractivity contribution in [1.82, 2.24) is 9.46 Å². The van der Waals surface area contributed by atoms with Gasteiger partial charge in [-0.05, 0) is 12.8 Å². The fraction of sp³-hybridized carbons (Fsp3) is 0.700. The minimum absolute atomic E-state index is 0.0798. The molecule has 96 valence electrons. The van der Waals surface area contributed by atoms with Gasteiger partial charge in [0, 0.05) is 25.2 Å². The highest BCUT2D eigenvalue weighted by molar-refractivity contribution is 7.88. The molecule has 0 aromatic carbocycles. The molecule has 1 saturated heterocycles. The van der Waals surface area contributed by atoms with Crippen LogP contribution in [0.25, 0.3) is 0 Å². The molecule has 0 aliphatic carbocycles. The molecule has 1 aliphatic heterocycles. The summed E-state index contributed by atoms with van der Waals surface area (Å²) in [5.41, 5.74) is 6.26. The zero-order chi connectivity index (χ0) is 12.6. The van der Waals surface area contributed by atoms with Crippen LogP contribution in [-0.2, 0) is 15.8 Å². The summed E-state index contributed by atoms with van der Waals surface area (Å²) in [6.45, 7) is 4.57. The van der Waals surface area contributed by atoms with E-state index in [1.807, 2.05) is 6.92 Å². The Morgan fingerprint density at radius 3 is 2.76 bits per heavy atom. The van der Waals surface area contributed by atoms with E-state index in [4.69, 9.17) is 10.3 Å². The molecule has 1 aromatic heterocycles. The highest BCUT2D eigenvalue weighted by Gasteiger charge is 2.34. The fourth-order valence-corrected chi connectivity index (χ4v) is 3.49. The summed E-state index contributed by atoms with van der Waals surface area (Å²) in [5, 5.41) is 3.70. The SMILES string of the molecule is Cc1cc(CS(=O)(=O)N2CC(C)C(N)C2)no1. The molecule has 17 heavy (non-hydrogen) atoms.